The van der Waals surface area contributed by atoms with Gasteiger partial charge in [0.15, 0.2) is 0 Å². The number of hydrogen-bond acceptors (Lipinski definition) is 4. The summed E-state index contributed by atoms with van der Waals surface area (Å²) < 4.78 is 16.3. The Morgan fingerprint density at radius 3 is 2.69 bits per heavy atom. The number of esters is 1. The Hall–Kier alpha value is -1.98. The van der Waals surface area contributed by atoms with E-state index in [0.717, 1.165) is 12.5 Å². The first-order valence-electron chi connectivity index (χ1n) is 4.61. The van der Waals surface area contributed by atoms with Crippen molar-refractivity contribution in [1.82, 2.24) is 10.3 Å². The number of aromatic nitrogens is 1. The number of alkyl halides is 1. The second-order valence-electron chi connectivity index (χ2n) is 2.99. The molecular weight excluding hydrogens is 215 g/mol. The van der Waals surface area contributed by atoms with Crippen molar-refractivity contribution < 1.29 is 18.7 Å². The van der Waals surface area contributed by atoms with E-state index in [2.05, 4.69) is 15.0 Å². The van der Waals surface area contributed by atoms with Gasteiger partial charge in [0.1, 0.15) is 0 Å². The predicted octanol–water partition coefficient (Wildman–Crippen LogP) is 0.556. The maximum absolute atomic E-state index is 12.2. The molecule has 1 rings (SSSR count). The van der Waals surface area contributed by atoms with E-state index in [0.29, 0.717) is 0 Å². The van der Waals surface area contributed by atoms with Crippen molar-refractivity contribution in [3.63, 3.8) is 0 Å². The van der Waals surface area contributed by atoms with Crippen LogP contribution in [0.3, 0.4) is 0 Å². The van der Waals surface area contributed by atoms with Gasteiger partial charge in [-0.3, -0.25) is 9.78 Å². The highest BCUT2D eigenvalue weighted by molar-refractivity contribution is 6.32. The molecule has 0 saturated heterocycles. The molecule has 0 aromatic carbocycles. The van der Waals surface area contributed by atoms with Gasteiger partial charge in [-0.25, -0.2) is 9.18 Å². The molecule has 6 heteroatoms. The van der Waals surface area contributed by atoms with Gasteiger partial charge in [-0.1, -0.05) is 0 Å². The second-order valence-corrected chi connectivity index (χ2v) is 2.99. The number of rotatable bonds is 3. The van der Waals surface area contributed by atoms with Crippen molar-refractivity contribution in [1.29, 1.82) is 0 Å². The molecule has 1 heterocycles. The van der Waals surface area contributed by atoms with E-state index in [-0.39, 0.29) is 6.54 Å². The van der Waals surface area contributed by atoms with E-state index in [4.69, 9.17) is 0 Å². The Labute approximate surface area is 91.6 Å². The summed E-state index contributed by atoms with van der Waals surface area (Å²) in [6.07, 6.45) is 1.33. The third kappa shape index (κ3) is 4.04. The van der Waals surface area contributed by atoms with Gasteiger partial charge in [-0.05, 0) is 17.7 Å². The van der Waals surface area contributed by atoms with Gasteiger partial charge in [0, 0.05) is 25.9 Å². The van der Waals surface area contributed by atoms with Gasteiger partial charge in [0.25, 0.3) is 0 Å². The van der Waals surface area contributed by atoms with Gasteiger partial charge in [0.05, 0.1) is 0 Å². The lowest BCUT2D eigenvalue weighted by Gasteiger charge is -2.06. The summed E-state index contributed by atoms with van der Waals surface area (Å²) in [5, 5.41) is 2.30. The highest BCUT2D eigenvalue weighted by Gasteiger charge is 2.17. The average Bonchev–Trinajstić information content (AvgIpc) is 2.26. The van der Waals surface area contributed by atoms with Gasteiger partial charge in [0.2, 0.25) is 6.36 Å². The number of nitrogens with zero attached hydrogens (tertiary/aromatic N) is 1. The van der Waals surface area contributed by atoms with E-state index in [1.165, 1.54) is 0 Å². The van der Waals surface area contributed by atoms with Crippen molar-refractivity contribution in [2.45, 2.75) is 19.8 Å². The fourth-order valence-corrected chi connectivity index (χ4v) is 0.956. The lowest BCUT2D eigenvalue weighted by atomic mass is 10.3. The number of pyridine rings is 1. The van der Waals surface area contributed by atoms with Crippen LogP contribution < -0.4 is 5.32 Å². The summed E-state index contributed by atoms with van der Waals surface area (Å²) in [6, 6.07) is 3.37. The molecule has 1 aromatic heterocycles. The highest BCUT2D eigenvalue weighted by Crippen LogP contribution is 1.96. The lowest BCUT2D eigenvalue weighted by molar-refractivity contribution is -0.164. The van der Waals surface area contributed by atoms with Gasteiger partial charge >= 0.3 is 11.9 Å². The molecule has 1 atom stereocenters. The number of hydrogen-bond donors (Lipinski definition) is 1. The molecule has 1 amide bonds. The van der Waals surface area contributed by atoms with Crippen LogP contribution in [0.15, 0.2) is 24.5 Å². The molecule has 86 valence electrons. The predicted molar refractivity (Wildman–Crippen MR) is 52.7 cm³/mol. The summed E-state index contributed by atoms with van der Waals surface area (Å²) in [4.78, 5) is 25.8. The molecule has 0 aliphatic heterocycles. The third-order valence-corrected chi connectivity index (χ3v) is 1.66. The minimum Gasteiger partial charge on any atom is -0.424 e. The van der Waals surface area contributed by atoms with Crippen LogP contribution in [-0.4, -0.2) is 23.2 Å². The van der Waals surface area contributed by atoms with Crippen LogP contribution in [-0.2, 0) is 20.9 Å². The first-order valence-corrected chi connectivity index (χ1v) is 4.61. The molecule has 1 unspecified atom stereocenters. The van der Waals surface area contributed by atoms with E-state index in [9.17, 15) is 14.0 Å². The molecular formula is C10H11FN2O3. The number of carbonyl (C=O) groups is 2. The van der Waals surface area contributed by atoms with Crippen molar-refractivity contribution in [2.24, 2.45) is 0 Å². The van der Waals surface area contributed by atoms with E-state index < -0.39 is 18.2 Å². The second kappa shape index (κ2) is 5.79. The van der Waals surface area contributed by atoms with E-state index >= 15 is 0 Å². The Morgan fingerprint density at radius 2 is 2.12 bits per heavy atom. The minimum absolute atomic E-state index is 0.164. The molecule has 0 radical (unpaired) electrons. The van der Waals surface area contributed by atoms with Crippen LogP contribution in [0.5, 0.6) is 0 Å². The first kappa shape index (κ1) is 12.1. The van der Waals surface area contributed by atoms with Crippen molar-refractivity contribution in [3.05, 3.63) is 30.1 Å². The first-order chi connectivity index (χ1) is 7.59. The summed E-state index contributed by atoms with van der Waals surface area (Å²) in [5.74, 6) is -2.20. The Morgan fingerprint density at radius 1 is 1.50 bits per heavy atom. The standard InChI is InChI=1S/C10H11FN2O3/c1-7(11)16-10(15)9(14)13-6-8-2-4-12-5-3-8/h2-5,7H,6H2,1H3,(H,13,14). The number of carbonyl (C=O) groups excluding carboxylic acids is 2. The zero-order valence-electron chi connectivity index (χ0n) is 8.64. The summed E-state index contributed by atoms with van der Waals surface area (Å²) in [7, 11) is 0. The molecule has 0 fully saturated rings. The zero-order chi connectivity index (χ0) is 12.0. The van der Waals surface area contributed by atoms with Crippen molar-refractivity contribution in [2.75, 3.05) is 0 Å². The van der Waals surface area contributed by atoms with Crippen LogP contribution in [0.2, 0.25) is 0 Å². The molecule has 0 aliphatic rings. The van der Waals surface area contributed by atoms with E-state index in [1.807, 2.05) is 0 Å². The fraction of sp³-hybridized carbons (Fsp3) is 0.300. The Balaban J connectivity index is 2.38. The Bertz CT molecular complexity index is 368. The van der Waals surface area contributed by atoms with Crippen molar-refractivity contribution in [3.8, 4) is 0 Å². The smallest absolute Gasteiger partial charge is 0.399 e. The monoisotopic (exact) mass is 226 g/mol. The normalized spacial score (nSPS) is 11.6. The molecule has 1 aromatic rings. The maximum Gasteiger partial charge on any atom is 0.399 e. The summed E-state index contributed by atoms with van der Waals surface area (Å²) in [5.41, 5.74) is 0.782. The number of amides is 1. The number of ether oxygens (including phenoxy) is 1. The largest absolute Gasteiger partial charge is 0.424 e. The SMILES string of the molecule is CC(F)OC(=O)C(=O)NCc1ccncc1. The minimum atomic E-state index is -1.79. The molecule has 16 heavy (non-hydrogen) atoms. The van der Waals surface area contributed by atoms with Gasteiger partial charge < -0.3 is 10.1 Å². The molecule has 1 N–H and O–H groups in total. The topological polar surface area (TPSA) is 68.3 Å². The van der Waals surface area contributed by atoms with Crippen LogP contribution in [0.4, 0.5) is 4.39 Å². The summed E-state index contributed by atoms with van der Waals surface area (Å²) >= 11 is 0. The maximum atomic E-state index is 12.2. The zero-order valence-corrected chi connectivity index (χ0v) is 8.64. The third-order valence-electron chi connectivity index (χ3n) is 1.66. The van der Waals surface area contributed by atoms with Crippen molar-refractivity contribution >= 4 is 11.9 Å². The summed E-state index contributed by atoms with van der Waals surface area (Å²) in [6.45, 7) is 1.19. The number of nitrogens with one attached hydrogen (secondary N) is 1. The quantitative estimate of drug-likeness (QED) is 0.604. The lowest BCUT2D eigenvalue weighted by Crippen LogP contribution is -2.33. The Kier molecular flexibility index (Phi) is 4.38. The molecule has 0 spiro atoms. The number of halogens is 1. The van der Waals surface area contributed by atoms with Crippen LogP contribution in [0.25, 0.3) is 0 Å². The molecule has 5 nitrogen and oxygen atoms in total. The molecule has 0 saturated carbocycles. The van der Waals surface area contributed by atoms with Gasteiger partial charge in [-0.2, -0.15) is 0 Å². The molecule has 0 aliphatic carbocycles. The molecule has 0 bridgehead atoms. The van der Waals surface area contributed by atoms with Gasteiger partial charge in [-0.15, -0.1) is 0 Å². The van der Waals surface area contributed by atoms with Crippen LogP contribution in [0, 0.1) is 0 Å². The highest BCUT2D eigenvalue weighted by atomic mass is 19.1. The average molecular weight is 226 g/mol. The van der Waals surface area contributed by atoms with Crippen LogP contribution >= 0.6 is 0 Å². The van der Waals surface area contributed by atoms with E-state index in [1.54, 1.807) is 24.5 Å². The fourth-order valence-electron chi connectivity index (χ4n) is 0.956. The van der Waals surface area contributed by atoms with Crippen LogP contribution in [0.1, 0.15) is 12.5 Å².